The van der Waals surface area contributed by atoms with E-state index in [0.717, 1.165) is 13.0 Å². The van der Waals surface area contributed by atoms with Gasteiger partial charge < -0.3 is 21.7 Å². The minimum Gasteiger partial charge on any atom is -0.351 e. The van der Waals surface area contributed by atoms with Crippen molar-refractivity contribution in [3.8, 4) is 0 Å². The van der Waals surface area contributed by atoms with Crippen molar-refractivity contribution in [2.45, 2.75) is 32.7 Å². The van der Waals surface area contributed by atoms with Crippen LogP contribution < -0.4 is 21.7 Å². The average Bonchev–Trinajstić information content (AvgIpc) is 2.36. The maximum atomic E-state index is 11.7. The Bertz CT molecular complexity index is 443. The number of carbonyl (C=O) groups excluding carboxylic acids is 2. The Kier molecular flexibility index (Phi) is 6.52. The fraction of sp³-hybridized carbons (Fsp3) is 0.429. The molecular weight excluding hydrogens is 256 g/mol. The summed E-state index contributed by atoms with van der Waals surface area (Å²) in [6.45, 7) is 4.97. The molecule has 0 aliphatic carbocycles. The molecule has 6 nitrogen and oxygen atoms in total. The van der Waals surface area contributed by atoms with Gasteiger partial charge in [0.1, 0.15) is 0 Å². The van der Waals surface area contributed by atoms with Crippen LogP contribution in [0, 0.1) is 0 Å². The molecule has 0 atom stereocenters. The number of anilines is 2. The smallest absolute Gasteiger partial charge is 0.316 e. The quantitative estimate of drug-likeness (QED) is 0.573. The molecule has 110 valence electrons. The molecule has 20 heavy (non-hydrogen) atoms. The molecule has 0 fully saturated rings. The van der Waals surface area contributed by atoms with Crippen molar-refractivity contribution >= 4 is 23.3 Å². The van der Waals surface area contributed by atoms with Crippen LogP contribution in [0.5, 0.6) is 0 Å². The summed E-state index contributed by atoms with van der Waals surface area (Å²) in [7, 11) is 0. The van der Waals surface area contributed by atoms with E-state index in [9.17, 15) is 9.59 Å². The summed E-state index contributed by atoms with van der Waals surface area (Å²) in [5, 5.41) is 8.51. The Morgan fingerprint density at radius 3 is 2.15 bits per heavy atom. The highest BCUT2D eigenvalue weighted by molar-refractivity contribution is 5.91. The fourth-order valence-electron chi connectivity index (χ4n) is 1.64. The first-order valence-corrected chi connectivity index (χ1v) is 6.67. The molecule has 0 aliphatic rings. The van der Waals surface area contributed by atoms with Crippen LogP contribution in [-0.2, 0) is 4.79 Å². The number of rotatable bonds is 7. The van der Waals surface area contributed by atoms with Gasteiger partial charge in [0.15, 0.2) is 0 Å². The number of nitrogens with one attached hydrogen (secondary N) is 3. The van der Waals surface area contributed by atoms with E-state index in [1.54, 1.807) is 24.3 Å². The summed E-state index contributed by atoms with van der Waals surface area (Å²) in [5.41, 5.74) is 6.30. The lowest BCUT2D eigenvalue weighted by Crippen LogP contribution is -2.24. The number of benzene rings is 1. The summed E-state index contributed by atoms with van der Waals surface area (Å²) in [6.07, 6.45) is 1.27. The van der Waals surface area contributed by atoms with Gasteiger partial charge in [-0.3, -0.25) is 4.79 Å². The second-order valence-corrected chi connectivity index (χ2v) is 4.83. The molecule has 1 aromatic rings. The van der Waals surface area contributed by atoms with E-state index in [1.165, 1.54) is 0 Å². The van der Waals surface area contributed by atoms with Gasteiger partial charge in [0.25, 0.3) is 0 Å². The lowest BCUT2D eigenvalue weighted by atomic mass is 10.2. The average molecular weight is 278 g/mol. The van der Waals surface area contributed by atoms with Gasteiger partial charge >= 0.3 is 6.03 Å². The number of urea groups is 1. The van der Waals surface area contributed by atoms with Gasteiger partial charge in [-0.05, 0) is 37.2 Å². The van der Waals surface area contributed by atoms with Gasteiger partial charge in [-0.25, -0.2) is 4.79 Å². The molecule has 0 heterocycles. The van der Waals surface area contributed by atoms with Crippen molar-refractivity contribution in [1.82, 2.24) is 5.32 Å². The van der Waals surface area contributed by atoms with Gasteiger partial charge in [0.2, 0.25) is 5.91 Å². The molecule has 0 radical (unpaired) electrons. The molecule has 0 aromatic heterocycles. The van der Waals surface area contributed by atoms with E-state index < -0.39 is 6.03 Å². The second kappa shape index (κ2) is 8.16. The van der Waals surface area contributed by atoms with Crippen LogP contribution in [0.1, 0.15) is 26.7 Å². The molecule has 0 unspecified atom stereocenters. The Balaban J connectivity index is 2.33. The van der Waals surface area contributed by atoms with Crippen molar-refractivity contribution in [3.63, 3.8) is 0 Å². The van der Waals surface area contributed by atoms with E-state index in [4.69, 9.17) is 5.73 Å². The number of primary amides is 1. The zero-order valence-electron chi connectivity index (χ0n) is 11.9. The molecule has 6 heteroatoms. The van der Waals surface area contributed by atoms with Gasteiger partial charge in [-0.1, -0.05) is 13.8 Å². The van der Waals surface area contributed by atoms with Crippen LogP contribution in [-0.4, -0.2) is 24.5 Å². The lowest BCUT2D eigenvalue weighted by Gasteiger charge is -2.09. The molecule has 0 saturated heterocycles. The zero-order valence-corrected chi connectivity index (χ0v) is 11.9. The predicted molar refractivity (Wildman–Crippen MR) is 80.7 cm³/mol. The summed E-state index contributed by atoms with van der Waals surface area (Å²) >= 11 is 0. The van der Waals surface area contributed by atoms with E-state index in [0.29, 0.717) is 23.8 Å². The standard InChI is InChI=1S/C14H22N4O2/c1-10(2)16-9-3-4-13(19)17-11-5-7-12(8-6-11)18-14(15)20/h5-8,10,16H,3-4,9H2,1-2H3,(H,17,19)(H3,15,18,20). The van der Waals surface area contributed by atoms with Gasteiger partial charge in [0, 0.05) is 23.8 Å². The maximum Gasteiger partial charge on any atom is 0.316 e. The Morgan fingerprint density at radius 2 is 1.65 bits per heavy atom. The highest BCUT2D eigenvalue weighted by atomic mass is 16.2. The normalized spacial score (nSPS) is 10.3. The van der Waals surface area contributed by atoms with Crippen molar-refractivity contribution in [3.05, 3.63) is 24.3 Å². The third kappa shape index (κ3) is 6.75. The van der Waals surface area contributed by atoms with Crippen LogP contribution >= 0.6 is 0 Å². The van der Waals surface area contributed by atoms with Crippen LogP contribution in [0.15, 0.2) is 24.3 Å². The maximum absolute atomic E-state index is 11.7. The monoisotopic (exact) mass is 278 g/mol. The van der Waals surface area contributed by atoms with Gasteiger partial charge in [-0.2, -0.15) is 0 Å². The molecule has 0 spiro atoms. The molecule has 1 rings (SSSR count). The van der Waals surface area contributed by atoms with E-state index in [2.05, 4.69) is 29.8 Å². The Labute approximate surface area is 119 Å². The van der Waals surface area contributed by atoms with Crippen LogP contribution in [0.2, 0.25) is 0 Å². The summed E-state index contributed by atoms with van der Waals surface area (Å²) in [6, 6.07) is 6.62. The first-order chi connectivity index (χ1) is 9.47. The summed E-state index contributed by atoms with van der Waals surface area (Å²) in [4.78, 5) is 22.4. The van der Waals surface area contributed by atoms with Crippen LogP contribution in [0.3, 0.4) is 0 Å². The number of nitrogens with two attached hydrogens (primary N) is 1. The Hall–Kier alpha value is -2.08. The zero-order chi connectivity index (χ0) is 15.0. The third-order valence-electron chi connectivity index (χ3n) is 2.57. The molecule has 0 aliphatic heterocycles. The van der Waals surface area contributed by atoms with Crippen molar-refractivity contribution in [1.29, 1.82) is 0 Å². The SMILES string of the molecule is CC(C)NCCCC(=O)Nc1ccc(NC(N)=O)cc1. The largest absolute Gasteiger partial charge is 0.351 e. The molecule has 3 amide bonds. The number of carbonyl (C=O) groups is 2. The van der Waals surface area contributed by atoms with Crippen molar-refractivity contribution < 1.29 is 9.59 Å². The number of hydrogen-bond acceptors (Lipinski definition) is 3. The minimum absolute atomic E-state index is 0.0221. The number of amides is 3. The number of hydrogen-bond donors (Lipinski definition) is 4. The molecule has 1 aromatic carbocycles. The molecule has 0 saturated carbocycles. The third-order valence-corrected chi connectivity index (χ3v) is 2.57. The van der Waals surface area contributed by atoms with E-state index in [-0.39, 0.29) is 5.91 Å². The lowest BCUT2D eigenvalue weighted by molar-refractivity contribution is -0.116. The van der Waals surface area contributed by atoms with E-state index in [1.807, 2.05) is 0 Å². The van der Waals surface area contributed by atoms with Crippen molar-refractivity contribution in [2.24, 2.45) is 5.73 Å². The van der Waals surface area contributed by atoms with Crippen LogP contribution in [0.4, 0.5) is 16.2 Å². The molecule has 5 N–H and O–H groups in total. The van der Waals surface area contributed by atoms with Crippen molar-refractivity contribution in [2.75, 3.05) is 17.2 Å². The predicted octanol–water partition coefficient (Wildman–Crippen LogP) is 1.89. The van der Waals surface area contributed by atoms with E-state index >= 15 is 0 Å². The summed E-state index contributed by atoms with van der Waals surface area (Å²) < 4.78 is 0. The first kappa shape index (κ1) is 16.0. The molecular formula is C14H22N4O2. The second-order valence-electron chi connectivity index (χ2n) is 4.83. The van der Waals surface area contributed by atoms with Gasteiger partial charge in [0.05, 0.1) is 0 Å². The Morgan fingerprint density at radius 1 is 1.10 bits per heavy atom. The topological polar surface area (TPSA) is 96.2 Å². The fourth-order valence-corrected chi connectivity index (χ4v) is 1.64. The highest BCUT2D eigenvalue weighted by Gasteiger charge is 2.03. The first-order valence-electron chi connectivity index (χ1n) is 6.67. The highest BCUT2D eigenvalue weighted by Crippen LogP contribution is 2.13. The summed E-state index contributed by atoms with van der Waals surface area (Å²) in [5.74, 6) is -0.0221. The minimum atomic E-state index is -0.612. The van der Waals surface area contributed by atoms with Crippen LogP contribution in [0.25, 0.3) is 0 Å². The molecule has 0 bridgehead atoms. The van der Waals surface area contributed by atoms with Gasteiger partial charge in [-0.15, -0.1) is 0 Å².